The van der Waals surface area contributed by atoms with Crippen molar-refractivity contribution in [1.82, 2.24) is 5.32 Å². The van der Waals surface area contributed by atoms with Crippen molar-refractivity contribution in [1.29, 1.82) is 0 Å². The maximum atomic E-state index is 12.1. The molecule has 19 heavy (non-hydrogen) atoms. The van der Waals surface area contributed by atoms with Crippen LogP contribution < -0.4 is 14.8 Å². The number of sulfone groups is 1. The maximum absolute atomic E-state index is 12.1. The highest BCUT2D eigenvalue weighted by Gasteiger charge is 2.30. The summed E-state index contributed by atoms with van der Waals surface area (Å²) < 4.78 is 34.8. The van der Waals surface area contributed by atoms with Gasteiger partial charge in [-0.1, -0.05) is 12.5 Å². The number of benzene rings is 1. The molecular weight excluding hydrogens is 266 g/mol. The van der Waals surface area contributed by atoms with Crippen LogP contribution in [0.5, 0.6) is 11.5 Å². The molecule has 1 fully saturated rings. The summed E-state index contributed by atoms with van der Waals surface area (Å²) >= 11 is 0. The van der Waals surface area contributed by atoms with Crippen LogP contribution in [0.4, 0.5) is 0 Å². The van der Waals surface area contributed by atoms with Crippen LogP contribution in [0.3, 0.4) is 0 Å². The SMILES string of the molecule is CS(=O)(=O)c1c(C2CCCCN2)ccc2c1OCO2. The van der Waals surface area contributed by atoms with E-state index in [1.807, 2.05) is 6.07 Å². The van der Waals surface area contributed by atoms with Crippen LogP contribution in [-0.2, 0) is 9.84 Å². The van der Waals surface area contributed by atoms with Crippen molar-refractivity contribution in [3.63, 3.8) is 0 Å². The van der Waals surface area contributed by atoms with Crippen molar-refractivity contribution in [3.05, 3.63) is 17.7 Å². The van der Waals surface area contributed by atoms with Gasteiger partial charge in [-0.05, 0) is 31.0 Å². The lowest BCUT2D eigenvalue weighted by molar-refractivity contribution is 0.172. The fraction of sp³-hybridized carbons (Fsp3) is 0.538. The van der Waals surface area contributed by atoms with Gasteiger partial charge in [-0.15, -0.1) is 0 Å². The Bertz CT molecular complexity index is 591. The number of piperidine rings is 1. The third-order valence-corrected chi connectivity index (χ3v) is 4.74. The normalized spacial score (nSPS) is 22.5. The molecule has 1 unspecified atom stereocenters. The Morgan fingerprint density at radius 2 is 2.11 bits per heavy atom. The Morgan fingerprint density at radius 3 is 2.79 bits per heavy atom. The van der Waals surface area contributed by atoms with Gasteiger partial charge in [0.25, 0.3) is 0 Å². The second-order valence-corrected chi connectivity index (χ2v) is 6.94. The van der Waals surface area contributed by atoms with E-state index >= 15 is 0 Å². The third-order valence-electron chi connectivity index (χ3n) is 3.58. The van der Waals surface area contributed by atoms with Crippen molar-refractivity contribution < 1.29 is 17.9 Å². The Morgan fingerprint density at radius 1 is 1.26 bits per heavy atom. The smallest absolute Gasteiger partial charge is 0.231 e. The molecule has 104 valence electrons. The number of hydrogen-bond acceptors (Lipinski definition) is 5. The number of hydrogen-bond donors (Lipinski definition) is 1. The van der Waals surface area contributed by atoms with Gasteiger partial charge in [0.1, 0.15) is 4.90 Å². The van der Waals surface area contributed by atoms with E-state index in [1.54, 1.807) is 6.07 Å². The van der Waals surface area contributed by atoms with Gasteiger partial charge in [0.2, 0.25) is 6.79 Å². The van der Waals surface area contributed by atoms with E-state index in [9.17, 15) is 8.42 Å². The minimum atomic E-state index is -3.35. The predicted molar refractivity (Wildman–Crippen MR) is 70.3 cm³/mol. The van der Waals surface area contributed by atoms with Crippen molar-refractivity contribution >= 4 is 9.84 Å². The van der Waals surface area contributed by atoms with Gasteiger partial charge in [-0.25, -0.2) is 8.42 Å². The lowest BCUT2D eigenvalue weighted by Gasteiger charge is -2.25. The fourth-order valence-electron chi connectivity index (χ4n) is 2.74. The zero-order valence-electron chi connectivity index (χ0n) is 10.8. The molecular formula is C13H17NO4S. The molecule has 1 saturated heterocycles. The van der Waals surface area contributed by atoms with Crippen LogP contribution in [-0.4, -0.2) is 28.0 Å². The summed E-state index contributed by atoms with van der Waals surface area (Å²) in [6.45, 7) is 1.00. The summed E-state index contributed by atoms with van der Waals surface area (Å²) in [6.07, 6.45) is 4.41. The van der Waals surface area contributed by atoms with Crippen molar-refractivity contribution in [2.24, 2.45) is 0 Å². The van der Waals surface area contributed by atoms with Crippen LogP contribution >= 0.6 is 0 Å². The molecule has 6 heteroatoms. The second-order valence-electron chi connectivity index (χ2n) is 4.99. The van der Waals surface area contributed by atoms with E-state index < -0.39 is 9.84 Å². The summed E-state index contributed by atoms with van der Waals surface area (Å²) in [4.78, 5) is 0.280. The van der Waals surface area contributed by atoms with Gasteiger partial charge in [0.05, 0.1) is 0 Å². The molecule has 1 aromatic carbocycles. The van der Waals surface area contributed by atoms with E-state index in [0.29, 0.717) is 11.5 Å². The summed E-state index contributed by atoms with van der Waals surface area (Å²) in [7, 11) is -3.35. The number of ether oxygens (including phenoxy) is 2. The third kappa shape index (κ3) is 2.30. The van der Waals surface area contributed by atoms with Crippen LogP contribution in [0, 0.1) is 0 Å². The number of nitrogens with one attached hydrogen (secondary N) is 1. The lowest BCUT2D eigenvalue weighted by Crippen LogP contribution is -2.28. The number of rotatable bonds is 2. The van der Waals surface area contributed by atoms with Crippen molar-refractivity contribution in [2.45, 2.75) is 30.2 Å². The zero-order valence-corrected chi connectivity index (χ0v) is 11.6. The summed E-state index contributed by atoms with van der Waals surface area (Å²) in [5.41, 5.74) is 0.798. The van der Waals surface area contributed by atoms with Crippen molar-refractivity contribution in [3.8, 4) is 11.5 Å². The summed E-state index contributed by atoms with van der Waals surface area (Å²) in [5, 5.41) is 3.38. The Labute approximate surface area is 112 Å². The first-order valence-electron chi connectivity index (χ1n) is 6.43. The van der Waals surface area contributed by atoms with E-state index in [1.165, 1.54) is 6.26 Å². The molecule has 0 amide bonds. The first kappa shape index (κ1) is 12.7. The average Bonchev–Trinajstić information content (AvgIpc) is 2.85. The van der Waals surface area contributed by atoms with Crippen LogP contribution in [0.2, 0.25) is 0 Å². The van der Waals surface area contributed by atoms with Gasteiger partial charge in [0.15, 0.2) is 21.3 Å². The van der Waals surface area contributed by atoms with Gasteiger partial charge in [0, 0.05) is 12.3 Å². The molecule has 0 aromatic heterocycles. The lowest BCUT2D eigenvalue weighted by atomic mass is 9.97. The van der Waals surface area contributed by atoms with Gasteiger partial charge in [-0.3, -0.25) is 0 Å². The minimum Gasteiger partial charge on any atom is -0.454 e. The standard InChI is InChI=1S/C13H17NO4S/c1-19(15,16)13-9(10-4-2-3-7-14-10)5-6-11-12(13)18-8-17-11/h5-6,10,14H,2-4,7-8H2,1H3. The quantitative estimate of drug-likeness (QED) is 0.893. The highest BCUT2D eigenvalue weighted by molar-refractivity contribution is 7.90. The monoisotopic (exact) mass is 283 g/mol. The van der Waals surface area contributed by atoms with E-state index in [0.717, 1.165) is 31.4 Å². The predicted octanol–water partition coefficient (Wildman–Crippen LogP) is 1.63. The summed E-state index contributed by atoms with van der Waals surface area (Å²) in [6, 6.07) is 3.71. The average molecular weight is 283 g/mol. The number of fused-ring (bicyclic) bond motifs is 1. The molecule has 2 heterocycles. The molecule has 0 radical (unpaired) electrons. The molecule has 1 N–H and O–H groups in total. The molecule has 5 nitrogen and oxygen atoms in total. The first-order valence-corrected chi connectivity index (χ1v) is 8.32. The van der Waals surface area contributed by atoms with E-state index in [2.05, 4.69) is 5.32 Å². The molecule has 0 saturated carbocycles. The molecule has 0 spiro atoms. The molecule has 2 aliphatic heterocycles. The topological polar surface area (TPSA) is 64.6 Å². The minimum absolute atomic E-state index is 0.0768. The fourth-order valence-corrected chi connectivity index (χ4v) is 3.87. The second kappa shape index (κ2) is 4.68. The molecule has 0 bridgehead atoms. The van der Waals surface area contributed by atoms with E-state index in [-0.39, 0.29) is 17.7 Å². The Balaban J connectivity index is 2.14. The Kier molecular flexibility index (Phi) is 3.14. The van der Waals surface area contributed by atoms with Gasteiger partial charge in [-0.2, -0.15) is 0 Å². The van der Waals surface area contributed by atoms with Crippen molar-refractivity contribution in [2.75, 3.05) is 19.6 Å². The maximum Gasteiger partial charge on any atom is 0.231 e. The van der Waals surface area contributed by atoms with E-state index in [4.69, 9.17) is 9.47 Å². The molecule has 3 rings (SSSR count). The molecule has 1 aromatic rings. The highest BCUT2D eigenvalue weighted by atomic mass is 32.2. The molecule has 1 atom stereocenters. The van der Waals surface area contributed by atoms with Crippen LogP contribution in [0.1, 0.15) is 30.9 Å². The highest BCUT2D eigenvalue weighted by Crippen LogP contribution is 2.43. The largest absolute Gasteiger partial charge is 0.454 e. The first-order chi connectivity index (χ1) is 9.07. The van der Waals surface area contributed by atoms with Gasteiger partial charge < -0.3 is 14.8 Å². The van der Waals surface area contributed by atoms with Crippen LogP contribution in [0.25, 0.3) is 0 Å². The van der Waals surface area contributed by atoms with Crippen LogP contribution in [0.15, 0.2) is 17.0 Å². The zero-order chi connectivity index (χ0) is 13.5. The molecule has 2 aliphatic rings. The van der Waals surface area contributed by atoms with Gasteiger partial charge >= 0.3 is 0 Å². The molecule has 0 aliphatic carbocycles. The Hall–Kier alpha value is -1.27. The summed E-state index contributed by atoms with van der Waals surface area (Å²) in [5.74, 6) is 0.882.